The van der Waals surface area contributed by atoms with E-state index in [-0.39, 0.29) is 17.9 Å². The van der Waals surface area contributed by atoms with Crippen molar-refractivity contribution in [3.63, 3.8) is 0 Å². The quantitative estimate of drug-likeness (QED) is 0.578. The molecule has 30 heavy (non-hydrogen) atoms. The lowest BCUT2D eigenvalue weighted by Gasteiger charge is -2.35. The first-order valence-corrected chi connectivity index (χ1v) is 10.5. The number of benzene rings is 2. The van der Waals surface area contributed by atoms with Gasteiger partial charge in [0.2, 0.25) is 17.6 Å². The molecule has 0 bridgehead atoms. The van der Waals surface area contributed by atoms with Crippen LogP contribution in [0, 0.1) is 0 Å². The lowest BCUT2D eigenvalue weighted by atomic mass is 9.92. The normalized spacial score (nSPS) is 17.5. The monoisotopic (exact) mass is 405 g/mol. The molecule has 1 fully saturated rings. The summed E-state index contributed by atoms with van der Waals surface area (Å²) in [5.41, 5.74) is 1.88. The number of nitrogens with zero attached hydrogens (tertiary/aromatic N) is 3. The first kappa shape index (κ1) is 20.1. The molecule has 1 saturated heterocycles. The highest BCUT2D eigenvalue weighted by molar-refractivity contribution is 5.84. The first-order valence-electron chi connectivity index (χ1n) is 10.5. The molecule has 6 heteroatoms. The molecule has 1 amide bonds. The van der Waals surface area contributed by atoms with E-state index in [9.17, 15) is 4.79 Å². The van der Waals surface area contributed by atoms with Crippen LogP contribution in [-0.2, 0) is 4.79 Å². The van der Waals surface area contributed by atoms with Crippen molar-refractivity contribution in [2.24, 2.45) is 0 Å². The number of carbonyl (C=O) groups is 1. The van der Waals surface area contributed by atoms with Crippen molar-refractivity contribution in [3.05, 3.63) is 66.1 Å². The largest absolute Gasteiger partial charge is 0.497 e. The molecule has 0 spiro atoms. The molecule has 2 atom stereocenters. The van der Waals surface area contributed by atoms with E-state index in [0.29, 0.717) is 18.3 Å². The lowest BCUT2D eigenvalue weighted by molar-refractivity contribution is -0.137. The predicted molar refractivity (Wildman–Crippen MR) is 114 cm³/mol. The molecule has 0 aliphatic carbocycles. The van der Waals surface area contributed by atoms with Gasteiger partial charge in [-0.3, -0.25) is 4.79 Å². The van der Waals surface area contributed by atoms with E-state index >= 15 is 0 Å². The van der Waals surface area contributed by atoms with Crippen LogP contribution in [0.15, 0.2) is 59.1 Å². The fraction of sp³-hybridized carbons (Fsp3) is 0.375. The Morgan fingerprint density at radius 1 is 1.20 bits per heavy atom. The Labute approximate surface area is 176 Å². The Hall–Kier alpha value is -3.15. The van der Waals surface area contributed by atoms with Gasteiger partial charge in [-0.15, -0.1) is 0 Å². The Morgan fingerprint density at radius 3 is 2.80 bits per heavy atom. The van der Waals surface area contributed by atoms with Crippen LogP contribution < -0.4 is 4.74 Å². The molecule has 0 unspecified atom stereocenters. The van der Waals surface area contributed by atoms with Crippen LogP contribution in [0.2, 0.25) is 0 Å². The van der Waals surface area contributed by atoms with Crippen LogP contribution >= 0.6 is 0 Å². The minimum Gasteiger partial charge on any atom is -0.497 e. The van der Waals surface area contributed by atoms with Gasteiger partial charge in [-0.2, -0.15) is 4.98 Å². The van der Waals surface area contributed by atoms with E-state index in [0.717, 1.165) is 42.6 Å². The van der Waals surface area contributed by atoms with Crippen molar-refractivity contribution in [2.45, 2.75) is 44.6 Å². The smallest absolute Gasteiger partial charge is 0.249 e. The highest BCUT2D eigenvalue weighted by atomic mass is 16.5. The number of ether oxygens (including phenoxy) is 1. The molecular formula is C24H27N3O3. The van der Waals surface area contributed by atoms with Crippen molar-refractivity contribution in [2.75, 3.05) is 13.7 Å². The lowest BCUT2D eigenvalue weighted by Crippen LogP contribution is -2.41. The van der Waals surface area contributed by atoms with Crippen LogP contribution in [0.3, 0.4) is 0 Å². The van der Waals surface area contributed by atoms with Crippen molar-refractivity contribution < 1.29 is 14.1 Å². The molecular weight excluding hydrogens is 378 g/mol. The molecule has 3 aromatic rings. The van der Waals surface area contributed by atoms with Crippen molar-refractivity contribution >= 4 is 5.91 Å². The van der Waals surface area contributed by atoms with Crippen LogP contribution in [0.4, 0.5) is 0 Å². The van der Waals surface area contributed by atoms with Crippen LogP contribution in [0.1, 0.15) is 56.0 Å². The van der Waals surface area contributed by atoms with Gasteiger partial charge in [-0.1, -0.05) is 54.5 Å². The summed E-state index contributed by atoms with van der Waals surface area (Å²) in [7, 11) is 1.63. The van der Waals surface area contributed by atoms with Crippen LogP contribution in [0.5, 0.6) is 5.75 Å². The number of likely N-dealkylation sites (tertiary alicyclic amines) is 1. The zero-order valence-corrected chi connectivity index (χ0v) is 17.5. The molecule has 6 nitrogen and oxygen atoms in total. The maximum absolute atomic E-state index is 13.5. The van der Waals surface area contributed by atoms with Crippen molar-refractivity contribution in [1.82, 2.24) is 15.0 Å². The minimum atomic E-state index is -0.184. The van der Waals surface area contributed by atoms with Gasteiger partial charge >= 0.3 is 0 Å². The second kappa shape index (κ2) is 9.11. The third-order valence-electron chi connectivity index (χ3n) is 5.75. The molecule has 0 saturated carbocycles. The molecule has 1 aromatic heterocycles. The molecule has 1 aliphatic heterocycles. The third kappa shape index (κ3) is 4.08. The fourth-order valence-corrected chi connectivity index (χ4v) is 4.14. The van der Waals surface area contributed by atoms with Crippen molar-refractivity contribution in [1.29, 1.82) is 0 Å². The number of hydrogen-bond acceptors (Lipinski definition) is 5. The summed E-state index contributed by atoms with van der Waals surface area (Å²) < 4.78 is 10.9. The summed E-state index contributed by atoms with van der Waals surface area (Å²) in [5.74, 6) is 1.73. The summed E-state index contributed by atoms with van der Waals surface area (Å²) >= 11 is 0. The highest BCUT2D eigenvalue weighted by Gasteiger charge is 2.35. The van der Waals surface area contributed by atoms with E-state index in [4.69, 9.17) is 9.26 Å². The molecule has 1 aliphatic rings. The summed E-state index contributed by atoms with van der Waals surface area (Å²) in [5, 5.41) is 4.17. The predicted octanol–water partition coefficient (Wildman–Crippen LogP) is 4.99. The Balaban J connectivity index is 1.59. The maximum Gasteiger partial charge on any atom is 0.249 e. The zero-order chi connectivity index (χ0) is 20.9. The molecule has 156 valence electrons. The Morgan fingerprint density at radius 2 is 2.03 bits per heavy atom. The van der Waals surface area contributed by atoms with Gasteiger partial charge in [0.25, 0.3) is 0 Å². The first-order chi connectivity index (χ1) is 14.7. The molecule has 0 radical (unpaired) electrons. The third-order valence-corrected chi connectivity index (χ3v) is 5.75. The van der Waals surface area contributed by atoms with E-state index in [1.54, 1.807) is 7.11 Å². The number of carbonyl (C=O) groups excluding carboxylic acids is 1. The summed E-state index contributed by atoms with van der Waals surface area (Å²) in [4.78, 5) is 20.1. The Bertz CT molecular complexity index is 986. The topological polar surface area (TPSA) is 68.5 Å². The van der Waals surface area contributed by atoms with Gasteiger partial charge in [0.15, 0.2) is 0 Å². The number of piperidine rings is 1. The molecule has 2 aromatic carbocycles. The zero-order valence-electron chi connectivity index (χ0n) is 17.5. The molecule has 4 rings (SSSR count). The average Bonchev–Trinajstić information content (AvgIpc) is 3.30. The van der Waals surface area contributed by atoms with E-state index in [1.807, 2.05) is 59.5 Å². The summed E-state index contributed by atoms with van der Waals surface area (Å²) in [6.45, 7) is 2.77. The second-order valence-electron chi connectivity index (χ2n) is 7.60. The number of aromatic nitrogens is 2. The van der Waals surface area contributed by atoms with Gasteiger partial charge in [0, 0.05) is 12.1 Å². The number of amides is 1. The van der Waals surface area contributed by atoms with Crippen LogP contribution in [-0.4, -0.2) is 34.6 Å². The van der Waals surface area contributed by atoms with Crippen LogP contribution in [0.25, 0.3) is 11.4 Å². The van der Waals surface area contributed by atoms with E-state index in [1.165, 1.54) is 0 Å². The van der Waals surface area contributed by atoms with Gasteiger partial charge in [0.1, 0.15) is 11.8 Å². The molecule has 2 heterocycles. The van der Waals surface area contributed by atoms with E-state index in [2.05, 4.69) is 17.1 Å². The second-order valence-corrected chi connectivity index (χ2v) is 7.60. The van der Waals surface area contributed by atoms with Gasteiger partial charge in [-0.05, 0) is 43.4 Å². The summed E-state index contributed by atoms with van der Waals surface area (Å²) in [6, 6.07) is 17.4. The maximum atomic E-state index is 13.5. The minimum absolute atomic E-state index is 0.134. The number of methoxy groups -OCH3 is 1. The van der Waals surface area contributed by atoms with E-state index < -0.39 is 0 Å². The Kier molecular flexibility index (Phi) is 6.12. The van der Waals surface area contributed by atoms with Gasteiger partial charge in [0.05, 0.1) is 13.0 Å². The fourth-order valence-electron chi connectivity index (χ4n) is 4.14. The SMILES string of the molecule is CC[C@H](C(=O)N1CCCC[C@H]1c1nc(-c2cccc(OC)c2)no1)c1ccccc1. The number of hydrogen-bond donors (Lipinski definition) is 0. The highest BCUT2D eigenvalue weighted by Crippen LogP contribution is 2.35. The average molecular weight is 405 g/mol. The number of rotatable bonds is 6. The summed E-state index contributed by atoms with van der Waals surface area (Å²) in [6.07, 6.45) is 3.61. The standard InChI is InChI=1S/C24H27N3O3/c1-3-20(17-10-5-4-6-11-17)24(28)27-15-8-7-14-21(27)23-25-22(26-30-23)18-12-9-13-19(16-18)29-2/h4-6,9-13,16,20-21H,3,7-8,14-15H2,1-2H3/t20-,21-/m0/s1. The van der Waals surface area contributed by atoms with Crippen molar-refractivity contribution in [3.8, 4) is 17.1 Å². The molecule has 0 N–H and O–H groups in total. The van der Waals surface area contributed by atoms with Gasteiger partial charge < -0.3 is 14.2 Å². The van der Waals surface area contributed by atoms with Gasteiger partial charge in [-0.25, -0.2) is 0 Å².